The summed E-state index contributed by atoms with van der Waals surface area (Å²) in [6.07, 6.45) is 1.71. The summed E-state index contributed by atoms with van der Waals surface area (Å²) in [5, 5.41) is 22.8. The van der Waals surface area contributed by atoms with Crippen LogP contribution in [0.3, 0.4) is 0 Å². The van der Waals surface area contributed by atoms with Crippen molar-refractivity contribution >= 4 is 58.4 Å². The first-order valence-electron chi connectivity index (χ1n) is 15.6. The lowest BCUT2D eigenvalue weighted by Crippen LogP contribution is -2.53. The van der Waals surface area contributed by atoms with Gasteiger partial charge >= 0.3 is 5.97 Å². The Bertz CT molecular complexity index is 1780. The first-order chi connectivity index (χ1) is 23.8. The van der Waals surface area contributed by atoms with Crippen molar-refractivity contribution in [2.45, 2.75) is 63.7 Å². The molecule has 0 aliphatic carbocycles. The molecule has 0 bridgehead atoms. The fourth-order valence-corrected chi connectivity index (χ4v) is 4.60. The standard InChI is InChI=1S/C30H41N13O7/c1-3-18(26(47)40-19(25(46)34-2)5-4-12-35-29(31)32)39-21(44)11-10-20(28(49)50)41-24(45)15-6-8-16(9-7-15)36-13-17-14-37-23-22(38-17)27(48)43-30(33)42-23/h6-9,14,18-20,36H,3-5,10-13H2,1-2H3,(H,34,46)(H,39,44)(H,40,47)(H,41,45)(H,49,50)(H4,31,32,35)(H3,33,37,42,43,48)/t18-,19?,20-/m0/s1. The number of aliphatic carboxylic acids is 1. The summed E-state index contributed by atoms with van der Waals surface area (Å²) >= 11 is 0. The van der Waals surface area contributed by atoms with Gasteiger partial charge in [0.15, 0.2) is 17.1 Å². The molecule has 0 saturated heterocycles. The van der Waals surface area contributed by atoms with Gasteiger partial charge < -0.3 is 48.9 Å². The van der Waals surface area contributed by atoms with Gasteiger partial charge in [0.2, 0.25) is 23.7 Å². The van der Waals surface area contributed by atoms with Gasteiger partial charge in [-0.15, -0.1) is 0 Å². The minimum Gasteiger partial charge on any atom is -0.480 e. The van der Waals surface area contributed by atoms with Crippen molar-refractivity contribution in [1.29, 1.82) is 0 Å². The highest BCUT2D eigenvalue weighted by Crippen LogP contribution is 2.13. The fourth-order valence-electron chi connectivity index (χ4n) is 4.60. The minimum absolute atomic E-state index is 0.0335. The van der Waals surface area contributed by atoms with Gasteiger partial charge in [-0.05, 0) is 49.9 Å². The molecule has 2 aromatic heterocycles. The number of nitrogens with two attached hydrogens (primary N) is 3. The zero-order chi connectivity index (χ0) is 36.8. The molecule has 4 amide bonds. The van der Waals surface area contributed by atoms with E-state index in [0.29, 0.717) is 17.8 Å². The third kappa shape index (κ3) is 11.4. The SMILES string of the molecule is CC[C@H](NC(=O)CC[C@H](NC(=O)c1ccc(NCc2cnc3nc(N)[nH]c(=O)c3n2)cc1)C(=O)O)C(=O)NC(CCCN=C(N)N)C(=O)NC. The number of guanidine groups is 1. The topological polar surface area (TPSA) is 328 Å². The predicted octanol–water partition coefficient (Wildman–Crippen LogP) is -1.95. The highest BCUT2D eigenvalue weighted by molar-refractivity contribution is 5.97. The summed E-state index contributed by atoms with van der Waals surface area (Å²) in [6, 6.07) is 2.85. The van der Waals surface area contributed by atoms with E-state index in [-0.39, 0.29) is 67.4 Å². The second kappa shape index (κ2) is 18.3. The van der Waals surface area contributed by atoms with E-state index >= 15 is 0 Å². The van der Waals surface area contributed by atoms with Crippen molar-refractivity contribution in [3.05, 3.63) is 52.1 Å². The van der Waals surface area contributed by atoms with E-state index in [1.165, 1.54) is 25.4 Å². The number of amides is 4. The molecule has 0 spiro atoms. The van der Waals surface area contributed by atoms with Crippen molar-refractivity contribution in [2.24, 2.45) is 16.5 Å². The van der Waals surface area contributed by atoms with Crippen molar-refractivity contribution in [1.82, 2.24) is 41.2 Å². The second-order valence-electron chi connectivity index (χ2n) is 11.0. The summed E-state index contributed by atoms with van der Waals surface area (Å²) in [7, 11) is 1.42. The average Bonchev–Trinajstić information content (AvgIpc) is 3.08. The molecule has 0 saturated carbocycles. The largest absolute Gasteiger partial charge is 0.480 e. The maximum Gasteiger partial charge on any atom is 0.326 e. The minimum atomic E-state index is -1.40. The van der Waals surface area contributed by atoms with Crippen LogP contribution in [0.15, 0.2) is 40.2 Å². The van der Waals surface area contributed by atoms with Crippen LogP contribution in [0, 0.1) is 0 Å². The number of nitrogens with one attached hydrogen (secondary N) is 6. The van der Waals surface area contributed by atoms with E-state index in [1.807, 2.05) is 0 Å². The number of benzene rings is 1. The van der Waals surface area contributed by atoms with Gasteiger partial charge in [0.05, 0.1) is 18.4 Å². The quantitative estimate of drug-likeness (QED) is 0.0393. The number of aromatic nitrogens is 4. The summed E-state index contributed by atoms with van der Waals surface area (Å²) in [6.45, 7) is 2.11. The van der Waals surface area contributed by atoms with Crippen LogP contribution >= 0.6 is 0 Å². The molecule has 13 N–H and O–H groups in total. The second-order valence-corrected chi connectivity index (χ2v) is 11.0. The molecule has 3 aromatic rings. The third-order valence-corrected chi connectivity index (χ3v) is 7.25. The van der Waals surface area contributed by atoms with Crippen LogP contribution in [-0.4, -0.2) is 92.3 Å². The number of hydrogen-bond donors (Lipinski definition) is 10. The maximum absolute atomic E-state index is 12.9. The van der Waals surface area contributed by atoms with Gasteiger partial charge in [-0.1, -0.05) is 6.92 Å². The Balaban J connectivity index is 1.51. The molecule has 1 unspecified atom stereocenters. The van der Waals surface area contributed by atoms with E-state index in [9.17, 15) is 33.9 Å². The van der Waals surface area contributed by atoms with Crippen LogP contribution in [0.25, 0.3) is 11.2 Å². The van der Waals surface area contributed by atoms with Gasteiger partial charge in [0, 0.05) is 31.3 Å². The number of anilines is 2. The molecular weight excluding hydrogens is 654 g/mol. The van der Waals surface area contributed by atoms with E-state index in [0.717, 1.165) is 0 Å². The number of carboxylic acid groups (broad SMARTS) is 1. The molecule has 50 heavy (non-hydrogen) atoms. The molecule has 0 aliphatic rings. The van der Waals surface area contributed by atoms with Crippen LogP contribution in [0.1, 0.15) is 55.1 Å². The van der Waals surface area contributed by atoms with E-state index in [1.54, 1.807) is 19.1 Å². The number of aromatic amines is 1. The average molecular weight is 696 g/mol. The number of carbonyl (C=O) groups is 5. The number of carboxylic acids is 1. The van der Waals surface area contributed by atoms with Gasteiger partial charge in [0.25, 0.3) is 11.5 Å². The highest BCUT2D eigenvalue weighted by atomic mass is 16.4. The molecule has 0 aliphatic heterocycles. The summed E-state index contributed by atoms with van der Waals surface area (Å²) in [5.74, 6) is -3.84. The molecule has 20 heteroatoms. The van der Waals surface area contributed by atoms with Gasteiger partial charge in [0.1, 0.15) is 18.1 Å². The number of likely N-dealkylation sites (N-methyl/N-ethyl adjacent to an activating group) is 1. The van der Waals surface area contributed by atoms with Gasteiger partial charge in [-0.3, -0.25) is 33.9 Å². The third-order valence-electron chi connectivity index (χ3n) is 7.25. The van der Waals surface area contributed by atoms with Crippen LogP contribution in [0.5, 0.6) is 0 Å². The fraction of sp³-hybridized carbons (Fsp3) is 0.400. The van der Waals surface area contributed by atoms with Crippen LogP contribution in [0.2, 0.25) is 0 Å². The first-order valence-corrected chi connectivity index (χ1v) is 15.6. The van der Waals surface area contributed by atoms with E-state index in [2.05, 4.69) is 51.5 Å². The monoisotopic (exact) mass is 695 g/mol. The lowest BCUT2D eigenvalue weighted by Gasteiger charge is -2.22. The zero-order valence-electron chi connectivity index (χ0n) is 27.5. The molecular formula is C30H41N13O7. The Labute approximate surface area is 285 Å². The Morgan fingerprint density at radius 1 is 0.960 bits per heavy atom. The van der Waals surface area contributed by atoms with Crippen molar-refractivity contribution in [2.75, 3.05) is 24.6 Å². The maximum atomic E-state index is 12.9. The van der Waals surface area contributed by atoms with Crippen molar-refractivity contribution in [3.63, 3.8) is 0 Å². The van der Waals surface area contributed by atoms with Crippen molar-refractivity contribution in [3.8, 4) is 0 Å². The van der Waals surface area contributed by atoms with Gasteiger partial charge in [-0.2, -0.15) is 4.98 Å². The molecule has 0 fully saturated rings. The number of H-pyrrole nitrogens is 1. The van der Waals surface area contributed by atoms with E-state index < -0.39 is 53.3 Å². The van der Waals surface area contributed by atoms with Crippen LogP contribution < -0.4 is 49.3 Å². The zero-order valence-corrected chi connectivity index (χ0v) is 27.5. The van der Waals surface area contributed by atoms with Crippen molar-refractivity contribution < 1.29 is 29.1 Å². The molecule has 2 heterocycles. The number of rotatable bonds is 18. The molecule has 1 aromatic carbocycles. The lowest BCUT2D eigenvalue weighted by molar-refractivity contribution is -0.139. The number of carbonyl (C=O) groups excluding carboxylic acids is 4. The Hall–Kier alpha value is -6.34. The number of aliphatic imine (C=N–C) groups is 1. The molecule has 3 rings (SSSR count). The lowest BCUT2D eigenvalue weighted by atomic mass is 10.1. The van der Waals surface area contributed by atoms with Gasteiger partial charge in [-0.25, -0.2) is 14.8 Å². The highest BCUT2D eigenvalue weighted by Gasteiger charge is 2.27. The summed E-state index contributed by atoms with van der Waals surface area (Å²) < 4.78 is 0. The van der Waals surface area contributed by atoms with E-state index in [4.69, 9.17) is 17.2 Å². The Morgan fingerprint density at radius 3 is 2.32 bits per heavy atom. The first kappa shape index (κ1) is 38.1. The number of nitrogen functional groups attached to an aromatic ring is 1. The molecule has 3 atom stereocenters. The number of hydrogen-bond acceptors (Lipinski definition) is 12. The molecule has 0 radical (unpaired) electrons. The summed E-state index contributed by atoms with van der Waals surface area (Å²) in [4.78, 5) is 93.1. The van der Waals surface area contributed by atoms with Crippen LogP contribution in [0.4, 0.5) is 11.6 Å². The number of nitrogens with zero attached hydrogens (tertiary/aromatic N) is 4. The van der Waals surface area contributed by atoms with Crippen LogP contribution in [-0.2, 0) is 25.7 Å². The predicted molar refractivity (Wildman–Crippen MR) is 182 cm³/mol. The molecule has 20 nitrogen and oxygen atoms in total. The summed E-state index contributed by atoms with van der Waals surface area (Å²) in [5.41, 5.74) is 17.0. The Morgan fingerprint density at radius 2 is 1.68 bits per heavy atom. The molecule has 268 valence electrons. The smallest absolute Gasteiger partial charge is 0.326 e. The number of fused-ring (bicyclic) bond motifs is 1. The Kier molecular flexibility index (Phi) is 13.9. The normalized spacial score (nSPS) is 12.5.